The molecule has 0 aliphatic rings. The number of aromatic nitrogens is 1. The SMILES string of the molecule is CO[Si](CCCc1ccccc1SSc1nc2ccccc2s1)(OC)OC. The van der Waals surface area contributed by atoms with Crippen molar-refractivity contribution in [3.63, 3.8) is 0 Å². The molecule has 0 N–H and O–H groups in total. The molecule has 3 aromatic rings. The normalized spacial score (nSPS) is 12.0. The summed E-state index contributed by atoms with van der Waals surface area (Å²) < 4.78 is 18.9. The first kappa shape index (κ1) is 20.9. The molecule has 0 saturated heterocycles. The maximum atomic E-state index is 5.52. The van der Waals surface area contributed by atoms with Gasteiger partial charge in [0.05, 0.1) is 10.2 Å². The van der Waals surface area contributed by atoms with Gasteiger partial charge in [0.2, 0.25) is 0 Å². The Bertz CT molecular complexity index is 829. The van der Waals surface area contributed by atoms with Crippen LogP contribution in [0.1, 0.15) is 12.0 Å². The minimum Gasteiger partial charge on any atom is -0.377 e. The van der Waals surface area contributed by atoms with E-state index in [0.29, 0.717) is 0 Å². The van der Waals surface area contributed by atoms with Crippen molar-refractivity contribution in [1.82, 2.24) is 4.98 Å². The van der Waals surface area contributed by atoms with Crippen molar-refractivity contribution in [1.29, 1.82) is 0 Å². The smallest absolute Gasteiger partial charge is 0.377 e. The van der Waals surface area contributed by atoms with E-state index in [9.17, 15) is 0 Å². The maximum Gasteiger partial charge on any atom is 0.500 e. The number of rotatable bonds is 10. The molecule has 27 heavy (non-hydrogen) atoms. The largest absolute Gasteiger partial charge is 0.500 e. The summed E-state index contributed by atoms with van der Waals surface area (Å²) in [5.41, 5.74) is 2.40. The highest BCUT2D eigenvalue weighted by molar-refractivity contribution is 8.77. The van der Waals surface area contributed by atoms with Gasteiger partial charge in [-0.1, -0.05) is 30.3 Å². The molecule has 0 aliphatic carbocycles. The summed E-state index contributed by atoms with van der Waals surface area (Å²) in [5, 5.41) is 0. The molecule has 4 nitrogen and oxygen atoms in total. The van der Waals surface area contributed by atoms with Crippen LogP contribution in [0.15, 0.2) is 57.8 Å². The third-order valence-electron chi connectivity index (χ3n) is 4.31. The summed E-state index contributed by atoms with van der Waals surface area (Å²) in [4.78, 5) is 5.98. The van der Waals surface area contributed by atoms with Crippen LogP contribution in [0.5, 0.6) is 0 Å². The lowest BCUT2D eigenvalue weighted by Crippen LogP contribution is -2.42. The molecule has 8 heteroatoms. The van der Waals surface area contributed by atoms with Crippen molar-refractivity contribution >= 4 is 51.9 Å². The zero-order valence-corrected chi connectivity index (χ0v) is 19.1. The van der Waals surface area contributed by atoms with Crippen LogP contribution >= 0.6 is 32.9 Å². The lowest BCUT2D eigenvalue weighted by atomic mass is 10.1. The maximum absolute atomic E-state index is 5.52. The Morgan fingerprint density at radius 2 is 1.63 bits per heavy atom. The van der Waals surface area contributed by atoms with E-state index in [4.69, 9.17) is 18.3 Å². The predicted molar refractivity (Wildman–Crippen MR) is 118 cm³/mol. The van der Waals surface area contributed by atoms with Gasteiger partial charge in [0.1, 0.15) is 0 Å². The van der Waals surface area contributed by atoms with E-state index in [1.165, 1.54) is 15.2 Å². The first-order chi connectivity index (χ1) is 13.2. The number of thiazole rings is 1. The summed E-state index contributed by atoms with van der Waals surface area (Å²) in [6.45, 7) is 0. The Morgan fingerprint density at radius 3 is 2.37 bits per heavy atom. The highest BCUT2D eigenvalue weighted by Crippen LogP contribution is 2.42. The monoisotopic (exact) mass is 437 g/mol. The van der Waals surface area contributed by atoms with E-state index in [0.717, 1.165) is 28.7 Å². The molecule has 3 rings (SSSR count). The topological polar surface area (TPSA) is 40.6 Å². The molecule has 0 unspecified atom stereocenters. The van der Waals surface area contributed by atoms with Crippen LogP contribution in [-0.4, -0.2) is 35.1 Å². The molecular weight excluding hydrogens is 415 g/mol. The molecule has 0 saturated carbocycles. The quantitative estimate of drug-likeness (QED) is 0.290. The van der Waals surface area contributed by atoms with Gasteiger partial charge in [0, 0.05) is 32.3 Å². The minimum atomic E-state index is -2.50. The van der Waals surface area contributed by atoms with Gasteiger partial charge in [-0.15, -0.1) is 11.3 Å². The van der Waals surface area contributed by atoms with Crippen LogP contribution in [0, 0.1) is 0 Å². The highest BCUT2D eigenvalue weighted by Gasteiger charge is 2.36. The Hall–Kier alpha value is -0.873. The fourth-order valence-corrected chi connectivity index (χ4v) is 8.04. The first-order valence-electron chi connectivity index (χ1n) is 8.63. The van der Waals surface area contributed by atoms with Crippen molar-refractivity contribution in [3.8, 4) is 0 Å². The fraction of sp³-hybridized carbons (Fsp3) is 0.316. The molecule has 0 spiro atoms. The molecule has 0 amide bonds. The van der Waals surface area contributed by atoms with Gasteiger partial charge in [-0.05, 0) is 58.2 Å². The van der Waals surface area contributed by atoms with Crippen molar-refractivity contribution in [2.45, 2.75) is 28.1 Å². The van der Waals surface area contributed by atoms with Crippen LogP contribution in [0.2, 0.25) is 6.04 Å². The van der Waals surface area contributed by atoms with E-state index >= 15 is 0 Å². The number of aryl methyl sites for hydroxylation is 1. The average Bonchev–Trinajstić information content (AvgIpc) is 3.14. The van der Waals surface area contributed by atoms with Gasteiger partial charge in [-0.25, -0.2) is 4.98 Å². The minimum absolute atomic E-state index is 0.806. The number of benzene rings is 2. The molecule has 0 aliphatic heterocycles. The molecule has 0 fully saturated rings. The number of para-hydroxylation sites is 1. The predicted octanol–water partition coefficient (Wildman–Crippen LogP) is 5.91. The summed E-state index contributed by atoms with van der Waals surface area (Å²) >= 11 is 1.74. The zero-order chi connectivity index (χ0) is 19.1. The molecule has 0 atom stereocenters. The Balaban J connectivity index is 1.61. The van der Waals surface area contributed by atoms with Crippen molar-refractivity contribution < 1.29 is 13.3 Å². The summed E-state index contributed by atoms with van der Waals surface area (Å²) in [7, 11) is 5.99. The van der Waals surface area contributed by atoms with Crippen molar-refractivity contribution in [3.05, 3.63) is 54.1 Å². The van der Waals surface area contributed by atoms with Crippen LogP contribution in [0.4, 0.5) is 0 Å². The lowest BCUT2D eigenvalue weighted by Gasteiger charge is -2.24. The van der Waals surface area contributed by atoms with E-state index < -0.39 is 8.80 Å². The van der Waals surface area contributed by atoms with Crippen LogP contribution in [0.25, 0.3) is 10.2 Å². The van der Waals surface area contributed by atoms with E-state index in [-0.39, 0.29) is 0 Å². The zero-order valence-electron chi connectivity index (χ0n) is 15.6. The lowest BCUT2D eigenvalue weighted by molar-refractivity contribution is 0.123. The Kier molecular flexibility index (Phi) is 7.77. The van der Waals surface area contributed by atoms with Gasteiger partial charge in [-0.2, -0.15) is 0 Å². The van der Waals surface area contributed by atoms with Crippen LogP contribution < -0.4 is 0 Å². The molecule has 144 valence electrons. The average molecular weight is 438 g/mol. The van der Waals surface area contributed by atoms with Gasteiger partial charge in [0.25, 0.3) is 0 Å². The molecule has 2 aromatic carbocycles. The second kappa shape index (κ2) is 10.1. The summed E-state index contributed by atoms with van der Waals surface area (Å²) in [6, 6.07) is 17.6. The van der Waals surface area contributed by atoms with E-state index in [2.05, 4.69) is 42.5 Å². The van der Waals surface area contributed by atoms with Crippen molar-refractivity contribution in [2.24, 2.45) is 0 Å². The van der Waals surface area contributed by atoms with Crippen LogP contribution in [-0.2, 0) is 19.7 Å². The molecule has 0 bridgehead atoms. The number of hydrogen-bond acceptors (Lipinski definition) is 7. The van der Waals surface area contributed by atoms with Crippen LogP contribution in [0.3, 0.4) is 0 Å². The number of nitrogens with zero attached hydrogens (tertiary/aromatic N) is 1. The molecule has 0 radical (unpaired) electrons. The fourth-order valence-electron chi connectivity index (χ4n) is 2.81. The standard InChI is InChI=1S/C19H23NO3S3Si/c1-21-27(22-2,23-3)14-8-10-15-9-4-6-12-17(15)25-26-19-20-16-11-5-7-13-18(16)24-19/h4-7,9,11-13H,8,10,14H2,1-3H3. The second-order valence-electron chi connectivity index (χ2n) is 5.87. The first-order valence-corrected chi connectivity index (χ1v) is 13.5. The highest BCUT2D eigenvalue weighted by atomic mass is 33.1. The molecular formula is C19H23NO3S3Si. The third kappa shape index (κ3) is 5.35. The van der Waals surface area contributed by atoms with Crippen molar-refractivity contribution in [2.75, 3.05) is 21.3 Å². The second-order valence-corrected chi connectivity index (χ2v) is 12.4. The Morgan fingerprint density at radius 1 is 0.926 bits per heavy atom. The van der Waals surface area contributed by atoms with E-state index in [1.54, 1.807) is 54.3 Å². The molecule has 1 aromatic heterocycles. The van der Waals surface area contributed by atoms with Gasteiger partial charge >= 0.3 is 8.80 Å². The van der Waals surface area contributed by atoms with Gasteiger partial charge in [-0.3, -0.25) is 0 Å². The van der Waals surface area contributed by atoms with E-state index in [1.807, 2.05) is 6.07 Å². The number of hydrogen-bond donors (Lipinski definition) is 0. The molecule has 1 heterocycles. The number of fused-ring (bicyclic) bond motifs is 1. The summed E-state index contributed by atoms with van der Waals surface area (Å²) in [5.74, 6) is 0. The van der Waals surface area contributed by atoms with Gasteiger partial charge < -0.3 is 13.3 Å². The summed E-state index contributed by atoms with van der Waals surface area (Å²) in [6.07, 6.45) is 1.93. The Labute approximate surface area is 173 Å². The third-order valence-corrected chi connectivity index (χ3v) is 10.9. The van der Waals surface area contributed by atoms with Gasteiger partial charge in [0.15, 0.2) is 4.34 Å².